The predicted molar refractivity (Wildman–Crippen MR) is 114 cm³/mol. The molecule has 2 aromatic carbocycles. The highest BCUT2D eigenvalue weighted by Gasteiger charge is 2.14. The van der Waals surface area contributed by atoms with Crippen LogP contribution in [0, 0.1) is 11.3 Å². The first kappa shape index (κ1) is 22.4. The smallest absolute Gasteiger partial charge is 0.267 e. The lowest BCUT2D eigenvalue weighted by atomic mass is 10.2. The topological polar surface area (TPSA) is 102 Å². The molecule has 8 nitrogen and oxygen atoms in total. The van der Waals surface area contributed by atoms with E-state index in [1.807, 2.05) is 19.9 Å². The summed E-state index contributed by atoms with van der Waals surface area (Å²) in [6.07, 6.45) is 1.33. The SMILES string of the molecule is CCOc1ccc(N/C=C(/C#N)C(=O)Nc2cc(OC)ccc2OC)cc1OCC. The van der Waals surface area contributed by atoms with Gasteiger partial charge in [0.25, 0.3) is 5.91 Å². The minimum Gasteiger partial charge on any atom is -0.497 e. The van der Waals surface area contributed by atoms with Gasteiger partial charge in [-0.15, -0.1) is 0 Å². The molecule has 0 saturated carbocycles. The van der Waals surface area contributed by atoms with Crippen LogP contribution in [0.15, 0.2) is 48.2 Å². The third kappa shape index (κ3) is 5.82. The van der Waals surface area contributed by atoms with Crippen LogP contribution in [-0.2, 0) is 4.79 Å². The number of amides is 1. The second kappa shape index (κ2) is 11.2. The zero-order valence-corrected chi connectivity index (χ0v) is 17.4. The van der Waals surface area contributed by atoms with Crippen LogP contribution in [0.25, 0.3) is 0 Å². The monoisotopic (exact) mass is 411 g/mol. The summed E-state index contributed by atoms with van der Waals surface area (Å²) in [7, 11) is 3.01. The lowest BCUT2D eigenvalue weighted by molar-refractivity contribution is -0.112. The van der Waals surface area contributed by atoms with E-state index in [4.69, 9.17) is 18.9 Å². The Morgan fingerprint density at radius 2 is 1.70 bits per heavy atom. The van der Waals surface area contributed by atoms with Crippen molar-refractivity contribution in [2.45, 2.75) is 13.8 Å². The van der Waals surface area contributed by atoms with Crippen molar-refractivity contribution in [2.24, 2.45) is 0 Å². The van der Waals surface area contributed by atoms with E-state index >= 15 is 0 Å². The maximum Gasteiger partial charge on any atom is 0.267 e. The predicted octanol–water partition coefficient (Wildman–Crippen LogP) is 3.96. The fourth-order valence-corrected chi connectivity index (χ4v) is 2.55. The van der Waals surface area contributed by atoms with E-state index in [1.54, 1.807) is 36.4 Å². The lowest BCUT2D eigenvalue weighted by Gasteiger charge is -2.13. The highest BCUT2D eigenvalue weighted by molar-refractivity contribution is 6.07. The summed E-state index contributed by atoms with van der Waals surface area (Å²) in [5, 5.41) is 15.0. The molecule has 0 atom stereocenters. The zero-order chi connectivity index (χ0) is 21.9. The number of hydrogen-bond acceptors (Lipinski definition) is 7. The molecule has 0 spiro atoms. The first-order valence-electron chi connectivity index (χ1n) is 9.36. The Labute approximate surface area is 176 Å². The molecule has 1 amide bonds. The van der Waals surface area contributed by atoms with Crippen LogP contribution < -0.4 is 29.6 Å². The Hall–Kier alpha value is -3.86. The molecule has 0 bridgehead atoms. The maximum absolute atomic E-state index is 12.6. The molecule has 0 unspecified atom stereocenters. The molecule has 0 radical (unpaired) electrons. The second-order valence-corrected chi connectivity index (χ2v) is 5.86. The molecular formula is C22H25N3O5. The van der Waals surface area contributed by atoms with Crippen LogP contribution in [-0.4, -0.2) is 33.3 Å². The summed E-state index contributed by atoms with van der Waals surface area (Å²) in [5.74, 6) is 1.60. The van der Waals surface area contributed by atoms with Crippen molar-refractivity contribution in [3.8, 4) is 29.1 Å². The molecule has 0 saturated heterocycles. The molecule has 30 heavy (non-hydrogen) atoms. The van der Waals surface area contributed by atoms with Gasteiger partial charge in [-0.05, 0) is 38.1 Å². The fourth-order valence-electron chi connectivity index (χ4n) is 2.55. The summed E-state index contributed by atoms with van der Waals surface area (Å²) < 4.78 is 21.5. The van der Waals surface area contributed by atoms with Crippen LogP contribution in [0.5, 0.6) is 23.0 Å². The minimum absolute atomic E-state index is 0.119. The zero-order valence-electron chi connectivity index (χ0n) is 17.4. The van der Waals surface area contributed by atoms with Gasteiger partial charge in [0.05, 0.1) is 33.1 Å². The van der Waals surface area contributed by atoms with Crippen LogP contribution in [0.2, 0.25) is 0 Å². The number of carbonyl (C=O) groups is 1. The van der Waals surface area contributed by atoms with Gasteiger partial charge in [0.1, 0.15) is 23.1 Å². The van der Waals surface area contributed by atoms with Crippen LogP contribution in [0.3, 0.4) is 0 Å². The highest BCUT2D eigenvalue weighted by Crippen LogP contribution is 2.31. The molecule has 0 aliphatic carbocycles. The van der Waals surface area contributed by atoms with E-state index in [9.17, 15) is 10.1 Å². The first-order valence-corrected chi connectivity index (χ1v) is 9.36. The summed E-state index contributed by atoms with van der Waals surface area (Å²) in [6, 6.07) is 12.1. The number of ether oxygens (including phenoxy) is 4. The summed E-state index contributed by atoms with van der Waals surface area (Å²) >= 11 is 0. The average molecular weight is 411 g/mol. The van der Waals surface area contributed by atoms with Gasteiger partial charge in [-0.2, -0.15) is 5.26 Å². The molecule has 158 valence electrons. The number of rotatable bonds is 10. The molecule has 2 aromatic rings. The molecule has 2 N–H and O–H groups in total. The highest BCUT2D eigenvalue weighted by atomic mass is 16.5. The molecular weight excluding hydrogens is 386 g/mol. The normalized spacial score (nSPS) is 10.6. The van der Waals surface area contributed by atoms with Gasteiger partial charge in [0, 0.05) is 24.0 Å². The molecule has 0 aliphatic heterocycles. The van der Waals surface area contributed by atoms with E-state index in [-0.39, 0.29) is 5.57 Å². The number of nitriles is 1. The summed E-state index contributed by atoms with van der Waals surface area (Å²) in [6.45, 7) is 4.76. The summed E-state index contributed by atoms with van der Waals surface area (Å²) in [5.41, 5.74) is 0.913. The molecule has 8 heteroatoms. The Morgan fingerprint density at radius 1 is 1.00 bits per heavy atom. The van der Waals surface area contributed by atoms with Gasteiger partial charge in [0.2, 0.25) is 0 Å². The van der Waals surface area contributed by atoms with Crippen molar-refractivity contribution in [3.05, 3.63) is 48.2 Å². The van der Waals surface area contributed by atoms with Crippen LogP contribution in [0.1, 0.15) is 13.8 Å². The number of anilines is 2. The molecule has 0 fully saturated rings. The largest absolute Gasteiger partial charge is 0.497 e. The first-order chi connectivity index (χ1) is 14.6. The van der Waals surface area contributed by atoms with Gasteiger partial charge < -0.3 is 29.6 Å². The van der Waals surface area contributed by atoms with Gasteiger partial charge in [-0.25, -0.2) is 0 Å². The molecule has 0 aliphatic rings. The van der Waals surface area contributed by atoms with Gasteiger partial charge in [-0.1, -0.05) is 0 Å². The van der Waals surface area contributed by atoms with E-state index in [1.165, 1.54) is 20.4 Å². The van der Waals surface area contributed by atoms with Gasteiger partial charge in [-0.3, -0.25) is 4.79 Å². The van der Waals surface area contributed by atoms with Gasteiger partial charge in [0.15, 0.2) is 11.5 Å². The minimum atomic E-state index is -0.590. The van der Waals surface area contributed by atoms with Crippen LogP contribution >= 0.6 is 0 Å². The molecule has 0 aromatic heterocycles. The number of nitrogens with one attached hydrogen (secondary N) is 2. The maximum atomic E-state index is 12.6. The Kier molecular flexibility index (Phi) is 8.39. The fraction of sp³-hybridized carbons (Fsp3) is 0.273. The Balaban J connectivity index is 2.19. The number of hydrogen-bond donors (Lipinski definition) is 2. The third-order valence-electron chi connectivity index (χ3n) is 3.95. The van der Waals surface area contributed by atoms with E-state index in [0.29, 0.717) is 47.6 Å². The van der Waals surface area contributed by atoms with Crippen molar-refractivity contribution < 1.29 is 23.7 Å². The molecule has 0 heterocycles. The van der Waals surface area contributed by atoms with Crippen molar-refractivity contribution in [2.75, 3.05) is 38.1 Å². The average Bonchev–Trinajstić information content (AvgIpc) is 2.76. The van der Waals surface area contributed by atoms with E-state index in [2.05, 4.69) is 10.6 Å². The van der Waals surface area contributed by atoms with Crippen molar-refractivity contribution in [3.63, 3.8) is 0 Å². The quantitative estimate of drug-likeness (QED) is 0.451. The van der Waals surface area contributed by atoms with E-state index in [0.717, 1.165) is 0 Å². The Morgan fingerprint density at radius 3 is 2.33 bits per heavy atom. The second-order valence-electron chi connectivity index (χ2n) is 5.86. The number of carbonyl (C=O) groups excluding carboxylic acids is 1. The van der Waals surface area contributed by atoms with Crippen molar-refractivity contribution in [1.82, 2.24) is 0 Å². The lowest BCUT2D eigenvalue weighted by Crippen LogP contribution is -2.15. The van der Waals surface area contributed by atoms with E-state index < -0.39 is 5.91 Å². The Bertz CT molecular complexity index is 950. The van der Waals surface area contributed by atoms with Gasteiger partial charge >= 0.3 is 0 Å². The van der Waals surface area contributed by atoms with Crippen molar-refractivity contribution in [1.29, 1.82) is 5.26 Å². The summed E-state index contributed by atoms with van der Waals surface area (Å²) in [4.78, 5) is 12.6. The number of benzene rings is 2. The standard InChI is InChI=1S/C22H25N3O5/c1-5-29-20-9-7-16(11-21(20)30-6-2)24-14-15(13-23)22(26)25-18-12-17(27-3)8-10-19(18)28-4/h7-12,14,24H,5-6H2,1-4H3,(H,25,26)/b15-14-. The van der Waals surface area contributed by atoms with Crippen LogP contribution in [0.4, 0.5) is 11.4 Å². The van der Waals surface area contributed by atoms with Crippen molar-refractivity contribution >= 4 is 17.3 Å². The number of methoxy groups -OCH3 is 2. The number of nitrogens with zero attached hydrogens (tertiary/aromatic N) is 1. The third-order valence-corrected chi connectivity index (χ3v) is 3.95. The molecule has 2 rings (SSSR count).